The quantitative estimate of drug-likeness (QED) is 0.870. The number of pyridine rings is 1. The fourth-order valence-electron chi connectivity index (χ4n) is 2.04. The average Bonchev–Trinajstić information content (AvgIpc) is 2.52. The Morgan fingerprint density at radius 2 is 2.00 bits per heavy atom. The standard InChI is InChI=1S/C14H15N3O4S/c15-22(18,19)11-5-6-14(17-8-11)16-7-10-9-20-12-3-1-2-4-13(12)21-10/h1-6,8,10H,7,9H2,(H,16,17)(H2,15,18,19)/t10-/m1/s1. The largest absolute Gasteiger partial charge is 0.486 e. The lowest BCUT2D eigenvalue weighted by Crippen LogP contribution is -2.35. The van der Waals surface area contributed by atoms with Crippen molar-refractivity contribution in [1.82, 2.24) is 4.98 Å². The van der Waals surface area contributed by atoms with Crippen LogP contribution in [0.3, 0.4) is 0 Å². The molecule has 2 aromatic rings. The third-order valence-electron chi connectivity index (χ3n) is 3.14. The van der Waals surface area contributed by atoms with Crippen molar-refractivity contribution in [2.75, 3.05) is 18.5 Å². The highest BCUT2D eigenvalue weighted by Crippen LogP contribution is 2.30. The zero-order valence-corrected chi connectivity index (χ0v) is 12.4. The number of nitrogens with two attached hydrogens (primary N) is 1. The van der Waals surface area contributed by atoms with E-state index < -0.39 is 10.0 Å². The van der Waals surface area contributed by atoms with Crippen molar-refractivity contribution in [2.45, 2.75) is 11.0 Å². The van der Waals surface area contributed by atoms with Gasteiger partial charge in [-0.25, -0.2) is 18.5 Å². The van der Waals surface area contributed by atoms with Gasteiger partial charge in [0.15, 0.2) is 11.5 Å². The Morgan fingerprint density at radius 3 is 2.68 bits per heavy atom. The topological polar surface area (TPSA) is 104 Å². The molecule has 1 aliphatic rings. The molecule has 8 heteroatoms. The van der Waals surface area contributed by atoms with E-state index in [1.54, 1.807) is 6.07 Å². The Labute approximate surface area is 128 Å². The van der Waals surface area contributed by atoms with Crippen molar-refractivity contribution >= 4 is 15.8 Å². The Hall–Kier alpha value is -2.32. The van der Waals surface area contributed by atoms with Crippen molar-refractivity contribution in [3.8, 4) is 11.5 Å². The summed E-state index contributed by atoms with van der Waals surface area (Å²) in [7, 11) is -3.72. The first kappa shape index (κ1) is 14.6. The highest BCUT2D eigenvalue weighted by molar-refractivity contribution is 7.89. The first-order valence-electron chi connectivity index (χ1n) is 6.63. The van der Waals surface area contributed by atoms with Gasteiger partial charge in [-0.05, 0) is 24.3 Å². The van der Waals surface area contributed by atoms with Gasteiger partial charge < -0.3 is 14.8 Å². The van der Waals surface area contributed by atoms with E-state index in [1.807, 2.05) is 24.3 Å². The molecule has 116 valence electrons. The summed E-state index contributed by atoms with van der Waals surface area (Å²) in [4.78, 5) is 3.98. The minimum absolute atomic E-state index is 0.0239. The fraction of sp³-hybridized carbons (Fsp3) is 0.214. The summed E-state index contributed by atoms with van der Waals surface area (Å²) in [5.41, 5.74) is 0. The number of anilines is 1. The number of hydrogen-bond acceptors (Lipinski definition) is 6. The number of sulfonamides is 1. The molecular weight excluding hydrogens is 306 g/mol. The first-order valence-corrected chi connectivity index (χ1v) is 8.18. The summed E-state index contributed by atoms with van der Waals surface area (Å²) in [5, 5.41) is 8.09. The Kier molecular flexibility index (Phi) is 3.86. The zero-order valence-electron chi connectivity index (χ0n) is 11.6. The van der Waals surface area contributed by atoms with Crippen LogP contribution >= 0.6 is 0 Å². The van der Waals surface area contributed by atoms with Crippen LogP contribution in [-0.4, -0.2) is 32.7 Å². The lowest BCUT2D eigenvalue weighted by Gasteiger charge is -2.26. The number of para-hydroxylation sites is 2. The van der Waals surface area contributed by atoms with Crippen LogP contribution in [0.15, 0.2) is 47.5 Å². The molecular formula is C14H15N3O4S. The molecule has 3 rings (SSSR count). The van der Waals surface area contributed by atoms with Gasteiger partial charge in [-0.2, -0.15) is 0 Å². The second-order valence-electron chi connectivity index (χ2n) is 4.80. The van der Waals surface area contributed by atoms with Crippen LogP contribution in [0.4, 0.5) is 5.82 Å². The molecule has 0 bridgehead atoms. The van der Waals surface area contributed by atoms with E-state index in [-0.39, 0.29) is 11.0 Å². The van der Waals surface area contributed by atoms with Gasteiger partial charge in [-0.3, -0.25) is 0 Å². The van der Waals surface area contributed by atoms with Crippen molar-refractivity contribution in [1.29, 1.82) is 0 Å². The summed E-state index contributed by atoms with van der Waals surface area (Å²) in [6, 6.07) is 10.4. The van der Waals surface area contributed by atoms with E-state index in [4.69, 9.17) is 14.6 Å². The molecule has 7 nitrogen and oxygen atoms in total. The number of nitrogens with one attached hydrogen (secondary N) is 1. The molecule has 0 spiro atoms. The Bertz CT molecular complexity index is 762. The molecule has 1 atom stereocenters. The second-order valence-corrected chi connectivity index (χ2v) is 6.36. The number of rotatable bonds is 4. The molecule has 0 saturated carbocycles. The van der Waals surface area contributed by atoms with Crippen LogP contribution in [0.2, 0.25) is 0 Å². The van der Waals surface area contributed by atoms with Crippen molar-refractivity contribution < 1.29 is 17.9 Å². The molecule has 22 heavy (non-hydrogen) atoms. The van der Waals surface area contributed by atoms with Gasteiger partial charge in [0.1, 0.15) is 23.4 Å². The predicted molar refractivity (Wildman–Crippen MR) is 80.5 cm³/mol. The van der Waals surface area contributed by atoms with Gasteiger partial charge in [0.25, 0.3) is 0 Å². The Morgan fingerprint density at radius 1 is 1.23 bits per heavy atom. The number of benzene rings is 1. The van der Waals surface area contributed by atoms with E-state index in [1.165, 1.54) is 12.3 Å². The molecule has 0 fully saturated rings. The molecule has 0 unspecified atom stereocenters. The minimum atomic E-state index is -3.72. The number of ether oxygens (including phenoxy) is 2. The number of nitrogens with zero attached hydrogens (tertiary/aromatic N) is 1. The van der Waals surface area contributed by atoms with Crippen LogP contribution < -0.4 is 19.9 Å². The third kappa shape index (κ3) is 3.29. The van der Waals surface area contributed by atoms with Crippen molar-refractivity contribution in [3.05, 3.63) is 42.6 Å². The lowest BCUT2D eigenvalue weighted by molar-refractivity contribution is 0.0997. The zero-order chi connectivity index (χ0) is 15.6. The van der Waals surface area contributed by atoms with E-state index in [0.717, 1.165) is 5.75 Å². The number of primary sulfonamides is 1. The van der Waals surface area contributed by atoms with E-state index in [9.17, 15) is 8.42 Å². The predicted octanol–water partition coefficient (Wildman–Crippen LogP) is 0.981. The normalized spacial score (nSPS) is 17.0. The summed E-state index contributed by atoms with van der Waals surface area (Å²) in [5.74, 6) is 1.97. The first-order chi connectivity index (χ1) is 10.5. The molecule has 3 N–H and O–H groups in total. The Balaban J connectivity index is 1.60. The molecule has 0 aliphatic carbocycles. The van der Waals surface area contributed by atoms with Gasteiger partial charge in [-0.15, -0.1) is 0 Å². The van der Waals surface area contributed by atoms with Gasteiger partial charge >= 0.3 is 0 Å². The SMILES string of the molecule is NS(=O)(=O)c1ccc(NC[C@@H]2COc3ccccc3O2)nc1. The molecule has 1 aromatic heterocycles. The molecule has 0 amide bonds. The van der Waals surface area contributed by atoms with Gasteiger partial charge in [0, 0.05) is 6.20 Å². The minimum Gasteiger partial charge on any atom is -0.486 e. The van der Waals surface area contributed by atoms with E-state index >= 15 is 0 Å². The lowest BCUT2D eigenvalue weighted by atomic mass is 10.2. The van der Waals surface area contributed by atoms with E-state index in [2.05, 4.69) is 10.3 Å². The second kappa shape index (κ2) is 5.82. The van der Waals surface area contributed by atoms with Crippen LogP contribution in [0.5, 0.6) is 11.5 Å². The van der Waals surface area contributed by atoms with Gasteiger partial charge in [-0.1, -0.05) is 12.1 Å². The maximum absolute atomic E-state index is 11.1. The van der Waals surface area contributed by atoms with Crippen molar-refractivity contribution in [3.63, 3.8) is 0 Å². The summed E-state index contributed by atoms with van der Waals surface area (Å²) < 4.78 is 33.7. The summed E-state index contributed by atoms with van der Waals surface area (Å²) in [6.07, 6.45) is 1.06. The van der Waals surface area contributed by atoms with Crippen LogP contribution in [-0.2, 0) is 10.0 Å². The van der Waals surface area contributed by atoms with Crippen LogP contribution in [0, 0.1) is 0 Å². The molecule has 0 saturated heterocycles. The monoisotopic (exact) mass is 321 g/mol. The van der Waals surface area contributed by atoms with Crippen molar-refractivity contribution in [2.24, 2.45) is 5.14 Å². The van der Waals surface area contributed by atoms with E-state index in [0.29, 0.717) is 24.7 Å². The molecule has 0 radical (unpaired) electrons. The molecule has 2 heterocycles. The smallest absolute Gasteiger partial charge is 0.239 e. The maximum atomic E-state index is 11.1. The average molecular weight is 321 g/mol. The third-order valence-corrected chi connectivity index (χ3v) is 4.04. The summed E-state index contributed by atoms with van der Waals surface area (Å²) in [6.45, 7) is 0.912. The maximum Gasteiger partial charge on any atom is 0.239 e. The summed E-state index contributed by atoms with van der Waals surface area (Å²) >= 11 is 0. The van der Waals surface area contributed by atoms with Crippen LogP contribution in [0.25, 0.3) is 0 Å². The number of aromatic nitrogens is 1. The molecule has 1 aromatic carbocycles. The number of fused-ring (bicyclic) bond motifs is 1. The highest BCUT2D eigenvalue weighted by atomic mass is 32.2. The highest BCUT2D eigenvalue weighted by Gasteiger charge is 2.20. The number of hydrogen-bond donors (Lipinski definition) is 2. The van der Waals surface area contributed by atoms with Gasteiger partial charge in [0.05, 0.1) is 6.54 Å². The molecule has 1 aliphatic heterocycles. The van der Waals surface area contributed by atoms with Gasteiger partial charge in [0.2, 0.25) is 10.0 Å². The fourth-order valence-corrected chi connectivity index (χ4v) is 2.49. The van der Waals surface area contributed by atoms with Crippen LogP contribution in [0.1, 0.15) is 0 Å².